The van der Waals surface area contributed by atoms with Crippen LogP contribution in [0.2, 0.25) is 5.02 Å². The number of nitrogens with one attached hydrogen (secondary N) is 4. The molecule has 1 aromatic heterocycles. The molecule has 0 bridgehead atoms. The molecule has 47 heavy (non-hydrogen) atoms. The molecule has 0 spiro atoms. The maximum Gasteiger partial charge on any atom is 0.407 e. The molecule has 252 valence electrons. The molecular weight excluding hydrogens is 625 g/mol. The third kappa shape index (κ3) is 12.0. The number of ether oxygens (including phenoxy) is 2. The number of fused-ring (bicyclic) bond motifs is 1. The lowest BCUT2D eigenvalue weighted by Crippen LogP contribution is -2.39. The molecule has 11 nitrogen and oxygen atoms in total. The van der Waals surface area contributed by atoms with Crippen LogP contribution in [-0.2, 0) is 9.53 Å². The van der Waals surface area contributed by atoms with Crippen molar-refractivity contribution in [2.24, 2.45) is 0 Å². The second kappa shape index (κ2) is 18.7. The van der Waals surface area contributed by atoms with Crippen LogP contribution >= 0.6 is 11.6 Å². The molecule has 1 aliphatic rings. The monoisotopic (exact) mass is 667 g/mol. The molecule has 3 aromatic rings. The van der Waals surface area contributed by atoms with Crippen LogP contribution in [0.5, 0.6) is 5.75 Å². The van der Waals surface area contributed by atoms with Crippen LogP contribution in [-0.4, -0.2) is 79.9 Å². The zero-order valence-electron chi connectivity index (χ0n) is 26.9. The zero-order valence-corrected chi connectivity index (χ0v) is 27.6. The van der Waals surface area contributed by atoms with E-state index < -0.39 is 11.9 Å². The molecule has 4 rings (SSSR count). The number of nitrogens with zero attached hydrogens (tertiary/aromatic N) is 3. The molecule has 2 amide bonds. The smallest absolute Gasteiger partial charge is 0.407 e. The predicted octanol–water partition coefficient (Wildman–Crippen LogP) is 6.20. The Kier molecular flexibility index (Phi) is 14.1. The van der Waals surface area contributed by atoms with Gasteiger partial charge in [-0.3, -0.25) is 4.79 Å². The van der Waals surface area contributed by atoms with E-state index >= 15 is 0 Å². The van der Waals surface area contributed by atoms with Crippen molar-refractivity contribution in [1.29, 1.82) is 0 Å². The molecule has 0 fully saturated rings. The zero-order chi connectivity index (χ0) is 33.4. The molecule has 0 radical (unpaired) electrons. The molecule has 0 aliphatic heterocycles. The molecule has 13 heteroatoms. The number of benzene rings is 2. The van der Waals surface area contributed by atoms with Crippen LogP contribution in [0.25, 0.3) is 10.9 Å². The second-order valence-corrected chi connectivity index (χ2v) is 11.8. The number of carbonyl (C=O) groups is 2. The Labute approximate surface area is 280 Å². The van der Waals surface area contributed by atoms with E-state index in [9.17, 15) is 14.0 Å². The molecule has 0 saturated heterocycles. The van der Waals surface area contributed by atoms with Crippen LogP contribution in [0.1, 0.15) is 38.5 Å². The molecule has 2 aromatic carbocycles. The largest absolute Gasteiger partial charge is 0.491 e. The summed E-state index contributed by atoms with van der Waals surface area (Å²) in [6.07, 6.45) is 14.1. The minimum Gasteiger partial charge on any atom is -0.491 e. The highest BCUT2D eigenvalue weighted by molar-refractivity contribution is 6.31. The lowest BCUT2D eigenvalue weighted by atomic mass is 10.0. The number of amides is 2. The number of carbonyl (C=O) groups excluding carboxylic acids is 2. The Bertz CT molecular complexity index is 1550. The van der Waals surface area contributed by atoms with Gasteiger partial charge in [0, 0.05) is 36.8 Å². The molecule has 1 unspecified atom stereocenters. The molecule has 0 saturated carbocycles. The van der Waals surface area contributed by atoms with E-state index in [1.54, 1.807) is 6.07 Å². The van der Waals surface area contributed by atoms with Crippen LogP contribution in [0.15, 0.2) is 61.0 Å². The SMILES string of the molecule is CN(C)C/C=C/CNc1cc2c(Nc3ccc(F)c(Cl)c3)ncnc2cc1OCCCNC(=O)CNC(=O)OC1CCC=CCCC1. The van der Waals surface area contributed by atoms with Crippen molar-refractivity contribution in [1.82, 2.24) is 25.5 Å². The van der Waals surface area contributed by atoms with Crippen molar-refractivity contribution in [2.45, 2.75) is 44.6 Å². The van der Waals surface area contributed by atoms with Crippen LogP contribution in [0.4, 0.5) is 26.4 Å². The average molecular weight is 668 g/mol. The van der Waals surface area contributed by atoms with E-state index in [2.05, 4.69) is 54.4 Å². The maximum atomic E-state index is 13.7. The summed E-state index contributed by atoms with van der Waals surface area (Å²) in [4.78, 5) is 35.3. The first-order valence-corrected chi connectivity index (χ1v) is 16.2. The number of alkyl carbamates (subject to hydrolysis) is 1. The van der Waals surface area contributed by atoms with Crippen molar-refractivity contribution in [3.05, 3.63) is 71.8 Å². The normalized spacial score (nSPS) is 14.9. The summed E-state index contributed by atoms with van der Waals surface area (Å²) >= 11 is 5.97. The molecule has 1 heterocycles. The van der Waals surface area contributed by atoms with E-state index in [-0.39, 0.29) is 23.6 Å². The van der Waals surface area contributed by atoms with Crippen molar-refractivity contribution >= 4 is 51.7 Å². The topological polar surface area (TPSA) is 130 Å². The Hall–Kier alpha value is -4.42. The van der Waals surface area contributed by atoms with E-state index in [1.807, 2.05) is 32.3 Å². The van der Waals surface area contributed by atoms with Gasteiger partial charge in [-0.15, -0.1) is 0 Å². The Balaban J connectivity index is 1.32. The van der Waals surface area contributed by atoms with Crippen molar-refractivity contribution in [3.63, 3.8) is 0 Å². The van der Waals surface area contributed by atoms with Gasteiger partial charge in [0.2, 0.25) is 5.91 Å². The highest BCUT2D eigenvalue weighted by Gasteiger charge is 2.16. The van der Waals surface area contributed by atoms with Gasteiger partial charge in [0.25, 0.3) is 0 Å². The lowest BCUT2D eigenvalue weighted by molar-refractivity contribution is -0.120. The first kappa shape index (κ1) is 35.4. The molecular formula is C34H43ClFN7O4. The number of halogens is 2. The van der Waals surface area contributed by atoms with Gasteiger partial charge in [-0.05, 0) is 76.9 Å². The quantitative estimate of drug-likeness (QED) is 0.111. The fourth-order valence-electron chi connectivity index (χ4n) is 4.82. The summed E-state index contributed by atoms with van der Waals surface area (Å²) in [5.74, 6) is 0.306. The number of aromatic nitrogens is 2. The standard InChI is InChI=1S/C34H43ClFN7O4/c1-43(2)17-9-8-15-37-30-20-26-29(40-23-41-33(26)42-24-13-14-28(36)27(35)19-24)21-31(30)46-18-10-16-38-32(44)22-39-34(45)47-25-11-6-4-3-5-7-12-25/h3-4,8-9,13-14,19-21,23,25,37H,5-7,10-12,15-18,22H2,1-2H3,(H,38,44)(H,39,45)(H,40,41,42)/b4-3?,9-8+. The second-order valence-electron chi connectivity index (χ2n) is 11.4. The van der Waals surface area contributed by atoms with E-state index in [4.69, 9.17) is 21.1 Å². The fraction of sp³-hybridized carbons (Fsp3) is 0.412. The summed E-state index contributed by atoms with van der Waals surface area (Å²) in [5, 5.41) is 12.7. The number of likely N-dealkylation sites (N-methyl/N-ethyl adjacent to an activating group) is 1. The third-order valence-electron chi connectivity index (χ3n) is 7.25. The van der Waals surface area contributed by atoms with Gasteiger partial charge in [0.1, 0.15) is 29.8 Å². The van der Waals surface area contributed by atoms with Crippen LogP contribution < -0.4 is 26.0 Å². The average Bonchev–Trinajstić information content (AvgIpc) is 3.03. The number of allylic oxidation sites excluding steroid dienone is 2. The fourth-order valence-corrected chi connectivity index (χ4v) is 5.00. The summed E-state index contributed by atoms with van der Waals surface area (Å²) in [6, 6.07) is 8.09. The van der Waals surface area contributed by atoms with E-state index in [1.165, 1.54) is 18.5 Å². The summed E-state index contributed by atoms with van der Waals surface area (Å²) in [6.45, 7) is 1.90. The maximum absolute atomic E-state index is 13.7. The van der Waals surface area contributed by atoms with Gasteiger partial charge in [-0.1, -0.05) is 35.9 Å². The number of anilines is 3. The summed E-state index contributed by atoms with van der Waals surface area (Å²) in [7, 11) is 4.00. The van der Waals surface area contributed by atoms with Gasteiger partial charge < -0.3 is 35.6 Å². The van der Waals surface area contributed by atoms with Crippen LogP contribution in [0.3, 0.4) is 0 Å². The van der Waals surface area contributed by atoms with E-state index in [0.29, 0.717) is 48.9 Å². The highest BCUT2D eigenvalue weighted by Crippen LogP contribution is 2.34. The number of hydrogen-bond acceptors (Lipinski definition) is 9. The number of hydrogen-bond donors (Lipinski definition) is 4. The predicted molar refractivity (Wildman–Crippen MR) is 184 cm³/mol. The van der Waals surface area contributed by atoms with Gasteiger partial charge in [0.15, 0.2) is 0 Å². The molecule has 4 N–H and O–H groups in total. The van der Waals surface area contributed by atoms with Gasteiger partial charge in [-0.2, -0.15) is 0 Å². The molecule has 1 atom stereocenters. The third-order valence-corrected chi connectivity index (χ3v) is 7.54. The lowest BCUT2D eigenvalue weighted by Gasteiger charge is -2.18. The van der Waals surface area contributed by atoms with Crippen molar-refractivity contribution in [3.8, 4) is 5.75 Å². The van der Waals surface area contributed by atoms with Crippen molar-refractivity contribution < 1.29 is 23.5 Å². The van der Waals surface area contributed by atoms with Crippen molar-refractivity contribution in [2.75, 3.05) is 57.5 Å². The van der Waals surface area contributed by atoms with E-state index in [0.717, 1.165) is 49.7 Å². The summed E-state index contributed by atoms with van der Waals surface area (Å²) < 4.78 is 25.3. The minimum atomic E-state index is -0.574. The Morgan fingerprint density at radius 1 is 1.09 bits per heavy atom. The Morgan fingerprint density at radius 2 is 1.94 bits per heavy atom. The Morgan fingerprint density at radius 3 is 2.77 bits per heavy atom. The first-order valence-electron chi connectivity index (χ1n) is 15.8. The summed E-state index contributed by atoms with van der Waals surface area (Å²) in [5.41, 5.74) is 1.95. The first-order chi connectivity index (χ1) is 22.8. The highest BCUT2D eigenvalue weighted by atomic mass is 35.5. The minimum absolute atomic E-state index is 0.00391. The van der Waals surface area contributed by atoms with Crippen LogP contribution in [0, 0.1) is 5.82 Å². The van der Waals surface area contributed by atoms with Gasteiger partial charge in [-0.25, -0.2) is 19.2 Å². The van der Waals surface area contributed by atoms with Gasteiger partial charge >= 0.3 is 6.09 Å². The van der Waals surface area contributed by atoms with Gasteiger partial charge in [0.05, 0.1) is 29.4 Å². The number of rotatable bonds is 15. The molecule has 1 aliphatic carbocycles.